The van der Waals surface area contributed by atoms with Crippen LogP contribution in [-0.4, -0.2) is 14.8 Å². The van der Waals surface area contributed by atoms with Crippen molar-refractivity contribution in [1.82, 2.24) is 14.8 Å². The molecule has 0 fully saturated rings. The summed E-state index contributed by atoms with van der Waals surface area (Å²) in [7, 11) is 0. The fourth-order valence-electron chi connectivity index (χ4n) is 1.64. The monoisotopic (exact) mass is 270 g/mol. The highest BCUT2D eigenvalue weighted by atomic mass is 19.4. The highest BCUT2D eigenvalue weighted by Crippen LogP contribution is 2.29. The van der Waals surface area contributed by atoms with Crippen molar-refractivity contribution in [1.29, 1.82) is 0 Å². The van der Waals surface area contributed by atoms with Crippen LogP contribution in [0.2, 0.25) is 0 Å². The molecule has 0 spiro atoms. The van der Waals surface area contributed by atoms with Gasteiger partial charge in [-0.2, -0.15) is 18.3 Å². The Bertz CT molecular complexity index is 552. The van der Waals surface area contributed by atoms with E-state index in [2.05, 4.69) is 10.1 Å². The van der Waals surface area contributed by atoms with Crippen molar-refractivity contribution in [2.24, 2.45) is 5.73 Å². The highest BCUT2D eigenvalue weighted by Gasteiger charge is 2.32. The van der Waals surface area contributed by atoms with Gasteiger partial charge in [-0.3, -0.25) is 0 Å². The molecule has 0 saturated heterocycles. The smallest absolute Gasteiger partial charge is 0.326 e. The molecule has 0 unspecified atom stereocenters. The van der Waals surface area contributed by atoms with Crippen molar-refractivity contribution in [2.75, 3.05) is 0 Å². The second-order valence-electron chi connectivity index (χ2n) is 4.05. The normalized spacial score (nSPS) is 11.8. The highest BCUT2D eigenvalue weighted by molar-refractivity contribution is 5.31. The van der Waals surface area contributed by atoms with E-state index in [0.717, 1.165) is 28.3 Å². The van der Waals surface area contributed by atoms with Crippen molar-refractivity contribution >= 4 is 0 Å². The Labute approximate surface area is 108 Å². The van der Waals surface area contributed by atoms with Gasteiger partial charge in [0.2, 0.25) is 0 Å². The second kappa shape index (κ2) is 5.00. The third-order valence-corrected chi connectivity index (χ3v) is 2.67. The van der Waals surface area contributed by atoms with Crippen molar-refractivity contribution in [3.8, 4) is 5.82 Å². The molecule has 2 aromatic heterocycles. The minimum atomic E-state index is -4.41. The summed E-state index contributed by atoms with van der Waals surface area (Å²) in [4.78, 5) is 4.24. The van der Waals surface area contributed by atoms with Crippen LogP contribution in [0.1, 0.15) is 23.7 Å². The summed E-state index contributed by atoms with van der Waals surface area (Å²) >= 11 is 0. The minimum Gasteiger partial charge on any atom is -0.326 e. The van der Waals surface area contributed by atoms with E-state index in [1.54, 1.807) is 6.07 Å². The molecule has 0 amide bonds. The molecular weight excluding hydrogens is 257 g/mol. The van der Waals surface area contributed by atoms with E-state index >= 15 is 0 Å². The van der Waals surface area contributed by atoms with Crippen molar-refractivity contribution in [3.05, 3.63) is 41.3 Å². The fourth-order valence-corrected chi connectivity index (χ4v) is 1.64. The van der Waals surface area contributed by atoms with Crippen LogP contribution < -0.4 is 5.73 Å². The van der Waals surface area contributed by atoms with Gasteiger partial charge >= 0.3 is 6.18 Å². The van der Waals surface area contributed by atoms with Crippen molar-refractivity contribution in [2.45, 2.75) is 26.1 Å². The number of hydrogen-bond acceptors (Lipinski definition) is 3. The molecular formula is C12H13F3N4. The molecule has 2 rings (SSSR count). The van der Waals surface area contributed by atoms with E-state index in [-0.39, 0.29) is 0 Å². The SMILES string of the molecule is CCc1cc(CN)cc(-n2cc(C(F)(F)F)cn2)n1. The largest absolute Gasteiger partial charge is 0.419 e. The minimum absolute atomic E-state index is 0.302. The number of hydrogen-bond donors (Lipinski definition) is 1. The van der Waals surface area contributed by atoms with Gasteiger partial charge in [0, 0.05) is 18.4 Å². The number of halogens is 3. The van der Waals surface area contributed by atoms with Crippen LogP contribution in [0.25, 0.3) is 5.82 Å². The average Bonchev–Trinajstić information content (AvgIpc) is 2.87. The zero-order valence-electron chi connectivity index (χ0n) is 10.3. The summed E-state index contributed by atoms with van der Waals surface area (Å²) in [6.45, 7) is 2.21. The molecule has 2 aromatic rings. The number of aromatic nitrogens is 3. The maximum Gasteiger partial charge on any atom is 0.419 e. The van der Waals surface area contributed by atoms with Gasteiger partial charge < -0.3 is 5.73 Å². The number of rotatable bonds is 3. The van der Waals surface area contributed by atoms with Gasteiger partial charge in [-0.1, -0.05) is 6.92 Å². The topological polar surface area (TPSA) is 56.7 Å². The predicted octanol–water partition coefficient (Wildman–Crippen LogP) is 2.31. The standard InChI is InChI=1S/C12H13F3N4/c1-2-10-3-8(5-16)4-11(18-10)19-7-9(6-17-19)12(13,14)15/h3-4,6-7H,2,5,16H2,1H3. The summed E-state index contributed by atoms with van der Waals surface area (Å²) in [6, 6.07) is 3.46. The molecule has 2 N–H and O–H groups in total. The Kier molecular flexibility index (Phi) is 3.57. The van der Waals surface area contributed by atoms with E-state index in [0.29, 0.717) is 18.8 Å². The van der Waals surface area contributed by atoms with Gasteiger partial charge in [0.15, 0.2) is 5.82 Å². The fraction of sp³-hybridized carbons (Fsp3) is 0.333. The second-order valence-corrected chi connectivity index (χ2v) is 4.05. The number of pyridine rings is 1. The Balaban J connectivity index is 2.43. The Morgan fingerprint density at radius 2 is 2.05 bits per heavy atom. The lowest BCUT2D eigenvalue weighted by molar-refractivity contribution is -0.137. The van der Waals surface area contributed by atoms with Crippen LogP contribution in [-0.2, 0) is 19.1 Å². The number of nitrogens with zero attached hydrogens (tertiary/aromatic N) is 3. The van der Waals surface area contributed by atoms with Gasteiger partial charge in [0.1, 0.15) is 0 Å². The molecule has 0 aliphatic heterocycles. The Morgan fingerprint density at radius 1 is 1.32 bits per heavy atom. The lowest BCUT2D eigenvalue weighted by Crippen LogP contribution is -2.06. The van der Waals surface area contributed by atoms with Crippen molar-refractivity contribution < 1.29 is 13.2 Å². The first kappa shape index (κ1) is 13.5. The van der Waals surface area contributed by atoms with E-state index < -0.39 is 11.7 Å². The molecule has 2 heterocycles. The molecule has 0 aromatic carbocycles. The Hall–Kier alpha value is -1.89. The van der Waals surface area contributed by atoms with Crippen LogP contribution in [0, 0.1) is 0 Å². The molecule has 0 bridgehead atoms. The number of alkyl halides is 3. The molecule has 0 atom stereocenters. The summed E-state index contributed by atoms with van der Waals surface area (Å²) in [5.41, 5.74) is 6.33. The molecule has 19 heavy (non-hydrogen) atoms. The quantitative estimate of drug-likeness (QED) is 0.931. The maximum absolute atomic E-state index is 12.5. The Morgan fingerprint density at radius 3 is 2.58 bits per heavy atom. The van der Waals surface area contributed by atoms with Crippen LogP contribution in [0.4, 0.5) is 13.2 Å². The molecule has 0 aliphatic carbocycles. The molecule has 102 valence electrons. The predicted molar refractivity (Wildman–Crippen MR) is 63.6 cm³/mol. The van der Waals surface area contributed by atoms with E-state index in [4.69, 9.17) is 5.73 Å². The first-order valence-corrected chi connectivity index (χ1v) is 5.76. The van der Waals surface area contributed by atoms with Crippen LogP contribution in [0.3, 0.4) is 0 Å². The van der Waals surface area contributed by atoms with Crippen molar-refractivity contribution in [3.63, 3.8) is 0 Å². The summed E-state index contributed by atoms with van der Waals surface area (Å²) < 4.78 is 38.7. The lowest BCUT2D eigenvalue weighted by atomic mass is 10.2. The number of nitrogens with two attached hydrogens (primary N) is 1. The third kappa shape index (κ3) is 2.93. The van der Waals surface area contributed by atoms with E-state index in [1.165, 1.54) is 0 Å². The molecule has 0 saturated carbocycles. The summed E-state index contributed by atoms with van der Waals surface area (Å²) in [6.07, 6.45) is -2.03. The summed E-state index contributed by atoms with van der Waals surface area (Å²) in [5.74, 6) is 0.343. The van der Waals surface area contributed by atoms with Gasteiger partial charge in [-0.05, 0) is 24.1 Å². The van der Waals surface area contributed by atoms with E-state index in [1.807, 2.05) is 13.0 Å². The third-order valence-electron chi connectivity index (χ3n) is 2.67. The molecule has 7 heteroatoms. The van der Waals surface area contributed by atoms with Gasteiger partial charge in [0.25, 0.3) is 0 Å². The van der Waals surface area contributed by atoms with Gasteiger partial charge in [-0.15, -0.1) is 0 Å². The summed E-state index contributed by atoms with van der Waals surface area (Å²) in [5, 5.41) is 3.70. The molecule has 4 nitrogen and oxygen atoms in total. The number of aryl methyl sites for hydroxylation is 1. The first-order valence-electron chi connectivity index (χ1n) is 5.76. The zero-order chi connectivity index (χ0) is 14.0. The van der Waals surface area contributed by atoms with E-state index in [9.17, 15) is 13.2 Å². The van der Waals surface area contributed by atoms with Gasteiger partial charge in [-0.25, -0.2) is 9.67 Å². The van der Waals surface area contributed by atoms with Crippen LogP contribution in [0.15, 0.2) is 24.5 Å². The molecule has 0 aliphatic rings. The van der Waals surface area contributed by atoms with Crippen LogP contribution in [0.5, 0.6) is 0 Å². The maximum atomic E-state index is 12.5. The molecule has 0 radical (unpaired) electrons. The van der Waals surface area contributed by atoms with Gasteiger partial charge in [0.05, 0.1) is 11.8 Å². The van der Waals surface area contributed by atoms with Crippen LogP contribution >= 0.6 is 0 Å². The first-order chi connectivity index (χ1) is 8.94. The zero-order valence-corrected chi connectivity index (χ0v) is 10.3. The lowest BCUT2D eigenvalue weighted by Gasteiger charge is -2.06. The average molecular weight is 270 g/mol.